The van der Waals surface area contributed by atoms with Crippen LogP contribution in [-0.4, -0.2) is 43.6 Å². The molecule has 5 heteroatoms. The van der Waals surface area contributed by atoms with Crippen molar-refractivity contribution >= 4 is 5.96 Å². The monoisotopic (exact) mass is 334 g/mol. The summed E-state index contributed by atoms with van der Waals surface area (Å²) in [5.41, 5.74) is 1.57. The van der Waals surface area contributed by atoms with E-state index in [4.69, 9.17) is 0 Å². The molecule has 24 heavy (non-hydrogen) atoms. The van der Waals surface area contributed by atoms with Crippen LogP contribution in [0.4, 0.5) is 4.39 Å². The van der Waals surface area contributed by atoms with Gasteiger partial charge in [0.2, 0.25) is 0 Å². The van der Waals surface area contributed by atoms with Gasteiger partial charge in [0.1, 0.15) is 5.82 Å². The fourth-order valence-electron chi connectivity index (χ4n) is 3.09. The first-order chi connectivity index (χ1) is 11.6. The molecule has 1 heterocycles. The highest BCUT2D eigenvalue weighted by atomic mass is 19.1. The van der Waals surface area contributed by atoms with E-state index >= 15 is 0 Å². The second-order valence-electron chi connectivity index (χ2n) is 6.56. The van der Waals surface area contributed by atoms with Crippen molar-refractivity contribution < 1.29 is 4.39 Å². The average Bonchev–Trinajstić information content (AvgIpc) is 2.60. The van der Waals surface area contributed by atoms with Gasteiger partial charge < -0.3 is 15.5 Å². The van der Waals surface area contributed by atoms with Crippen LogP contribution in [0.15, 0.2) is 23.2 Å². The molecular formula is C19H31FN4. The summed E-state index contributed by atoms with van der Waals surface area (Å²) in [6.07, 6.45) is 2.54. The van der Waals surface area contributed by atoms with Crippen molar-refractivity contribution in [2.75, 3.05) is 32.7 Å². The standard InChI is InChI=1S/C19H31FN4/c1-4-21-19(22-12-16-9-8-15(3)18(20)11-16)23-13-17-7-6-10-24(5-2)14-17/h8-9,11,17H,4-7,10,12-14H2,1-3H3,(H2,21,22,23). The van der Waals surface area contributed by atoms with Crippen molar-refractivity contribution in [3.8, 4) is 0 Å². The molecule has 1 aromatic rings. The lowest BCUT2D eigenvalue weighted by Gasteiger charge is -2.32. The number of likely N-dealkylation sites (tertiary alicyclic amines) is 1. The van der Waals surface area contributed by atoms with Gasteiger partial charge in [-0.25, -0.2) is 9.38 Å². The van der Waals surface area contributed by atoms with Crippen molar-refractivity contribution in [2.24, 2.45) is 10.9 Å². The second-order valence-corrected chi connectivity index (χ2v) is 6.56. The van der Waals surface area contributed by atoms with Crippen LogP contribution < -0.4 is 10.6 Å². The predicted molar refractivity (Wildman–Crippen MR) is 98.8 cm³/mol. The largest absolute Gasteiger partial charge is 0.357 e. The van der Waals surface area contributed by atoms with Crippen LogP contribution in [-0.2, 0) is 6.54 Å². The zero-order valence-corrected chi connectivity index (χ0v) is 15.2. The highest BCUT2D eigenvalue weighted by Gasteiger charge is 2.18. The van der Waals surface area contributed by atoms with E-state index in [-0.39, 0.29) is 5.82 Å². The van der Waals surface area contributed by atoms with Gasteiger partial charge in [0.25, 0.3) is 0 Å². The molecule has 0 aliphatic carbocycles. The molecule has 2 rings (SSSR count). The van der Waals surface area contributed by atoms with Crippen LogP contribution in [0.1, 0.15) is 37.8 Å². The summed E-state index contributed by atoms with van der Waals surface area (Å²) >= 11 is 0. The van der Waals surface area contributed by atoms with Crippen LogP contribution in [0.3, 0.4) is 0 Å². The number of nitrogens with one attached hydrogen (secondary N) is 2. The van der Waals surface area contributed by atoms with Crippen molar-refractivity contribution in [3.05, 3.63) is 35.1 Å². The lowest BCUT2D eigenvalue weighted by molar-refractivity contribution is 0.183. The molecular weight excluding hydrogens is 303 g/mol. The second kappa shape index (κ2) is 9.62. The summed E-state index contributed by atoms with van der Waals surface area (Å²) in [4.78, 5) is 7.10. The van der Waals surface area contributed by atoms with Gasteiger partial charge >= 0.3 is 0 Å². The van der Waals surface area contributed by atoms with Gasteiger partial charge in [0.15, 0.2) is 5.96 Å². The average molecular weight is 334 g/mol. The maximum Gasteiger partial charge on any atom is 0.191 e. The van der Waals surface area contributed by atoms with Crippen molar-refractivity contribution in [1.29, 1.82) is 0 Å². The molecule has 1 unspecified atom stereocenters. The number of benzene rings is 1. The molecule has 0 bridgehead atoms. The predicted octanol–water partition coefficient (Wildman–Crippen LogP) is 2.92. The van der Waals surface area contributed by atoms with Gasteiger partial charge in [-0.05, 0) is 62.9 Å². The van der Waals surface area contributed by atoms with Crippen LogP contribution in [0.2, 0.25) is 0 Å². The maximum absolute atomic E-state index is 13.6. The van der Waals surface area contributed by atoms with E-state index in [9.17, 15) is 4.39 Å². The van der Waals surface area contributed by atoms with Gasteiger partial charge in [-0.1, -0.05) is 19.1 Å². The minimum atomic E-state index is -0.164. The molecule has 1 fully saturated rings. The molecule has 1 aliphatic rings. The molecule has 0 amide bonds. The Morgan fingerprint density at radius 3 is 2.88 bits per heavy atom. The zero-order valence-electron chi connectivity index (χ0n) is 15.2. The number of hydrogen-bond acceptors (Lipinski definition) is 2. The smallest absolute Gasteiger partial charge is 0.191 e. The van der Waals surface area contributed by atoms with Crippen LogP contribution in [0.5, 0.6) is 0 Å². The molecule has 4 nitrogen and oxygen atoms in total. The number of aliphatic imine (C=N–C) groups is 1. The Hall–Kier alpha value is -1.62. The number of rotatable bonds is 6. The highest BCUT2D eigenvalue weighted by molar-refractivity contribution is 5.79. The van der Waals surface area contributed by atoms with Crippen LogP contribution >= 0.6 is 0 Å². The minimum Gasteiger partial charge on any atom is -0.357 e. The summed E-state index contributed by atoms with van der Waals surface area (Å²) in [5, 5.41) is 6.72. The molecule has 1 atom stereocenters. The lowest BCUT2D eigenvalue weighted by Crippen LogP contribution is -2.44. The Kier molecular flexibility index (Phi) is 7.50. The molecule has 0 aromatic heterocycles. The van der Waals surface area contributed by atoms with Gasteiger partial charge in [-0.3, -0.25) is 0 Å². The third-order valence-corrected chi connectivity index (χ3v) is 4.61. The Labute approximate surface area is 145 Å². The molecule has 134 valence electrons. The van der Waals surface area contributed by atoms with Crippen molar-refractivity contribution in [1.82, 2.24) is 15.5 Å². The van der Waals surface area contributed by atoms with E-state index in [0.29, 0.717) is 18.0 Å². The van der Waals surface area contributed by atoms with E-state index in [2.05, 4.69) is 34.4 Å². The first-order valence-electron chi connectivity index (χ1n) is 9.12. The summed E-state index contributed by atoms with van der Waals surface area (Å²) in [7, 11) is 0. The number of guanidine groups is 1. The molecule has 1 aromatic carbocycles. The number of hydrogen-bond donors (Lipinski definition) is 2. The van der Waals surface area contributed by atoms with E-state index < -0.39 is 0 Å². The molecule has 1 aliphatic heterocycles. The SMILES string of the molecule is CCNC(=NCc1ccc(C)c(F)c1)NCC1CCCN(CC)C1. The normalized spacial score (nSPS) is 19.3. The maximum atomic E-state index is 13.6. The third kappa shape index (κ3) is 5.78. The summed E-state index contributed by atoms with van der Waals surface area (Å²) in [5.74, 6) is 1.31. The quantitative estimate of drug-likeness (QED) is 0.621. The van der Waals surface area contributed by atoms with Gasteiger partial charge in [0.05, 0.1) is 6.54 Å². The van der Waals surface area contributed by atoms with Crippen LogP contribution in [0.25, 0.3) is 0 Å². The fourth-order valence-corrected chi connectivity index (χ4v) is 3.09. The number of piperidine rings is 1. The molecule has 0 radical (unpaired) electrons. The zero-order chi connectivity index (χ0) is 17.4. The lowest BCUT2D eigenvalue weighted by atomic mass is 9.98. The Morgan fingerprint density at radius 1 is 1.33 bits per heavy atom. The van der Waals surface area contributed by atoms with Crippen LogP contribution in [0, 0.1) is 18.7 Å². The topological polar surface area (TPSA) is 39.7 Å². The minimum absolute atomic E-state index is 0.164. The molecule has 2 N–H and O–H groups in total. The Morgan fingerprint density at radius 2 is 2.17 bits per heavy atom. The summed E-state index contributed by atoms with van der Waals surface area (Å²) in [6, 6.07) is 5.32. The number of halogens is 1. The Balaban J connectivity index is 1.89. The third-order valence-electron chi connectivity index (χ3n) is 4.61. The van der Waals surface area contributed by atoms with Gasteiger partial charge in [-0.2, -0.15) is 0 Å². The number of aryl methyl sites for hydroxylation is 1. The van der Waals surface area contributed by atoms with E-state index in [1.165, 1.54) is 19.4 Å². The Bertz CT molecular complexity index is 544. The highest BCUT2D eigenvalue weighted by Crippen LogP contribution is 2.15. The van der Waals surface area contributed by atoms with E-state index in [0.717, 1.165) is 37.7 Å². The van der Waals surface area contributed by atoms with E-state index in [1.807, 2.05) is 12.1 Å². The van der Waals surface area contributed by atoms with Gasteiger partial charge in [-0.15, -0.1) is 0 Å². The van der Waals surface area contributed by atoms with Crippen molar-refractivity contribution in [2.45, 2.75) is 40.2 Å². The fraction of sp³-hybridized carbons (Fsp3) is 0.632. The van der Waals surface area contributed by atoms with Crippen molar-refractivity contribution in [3.63, 3.8) is 0 Å². The van der Waals surface area contributed by atoms with E-state index in [1.54, 1.807) is 13.0 Å². The summed E-state index contributed by atoms with van der Waals surface area (Å²) < 4.78 is 13.6. The molecule has 0 saturated carbocycles. The first-order valence-corrected chi connectivity index (χ1v) is 9.12. The first kappa shape index (κ1) is 18.7. The summed E-state index contributed by atoms with van der Waals surface area (Å²) in [6.45, 7) is 11.8. The molecule has 0 spiro atoms. The number of nitrogens with zero attached hydrogens (tertiary/aromatic N) is 2. The van der Waals surface area contributed by atoms with Gasteiger partial charge in [0, 0.05) is 19.6 Å². The molecule has 1 saturated heterocycles.